The molecule has 3 rings (SSSR count). The van der Waals surface area contributed by atoms with Crippen LogP contribution in [0, 0.1) is 17.8 Å². The van der Waals surface area contributed by atoms with Crippen LogP contribution in [0.1, 0.15) is 31.2 Å². The van der Waals surface area contributed by atoms with Gasteiger partial charge in [0.15, 0.2) is 0 Å². The summed E-state index contributed by atoms with van der Waals surface area (Å²) in [6, 6.07) is 4.03. The number of anilines is 1. The molecule has 2 aliphatic rings. The fraction of sp³-hybridized carbons (Fsp3) is 0.667. The molecule has 0 radical (unpaired) electrons. The number of fused-ring (bicyclic) bond motifs is 2. The first kappa shape index (κ1) is 12.9. The topological polar surface area (TPSA) is 54.2 Å². The van der Waals surface area contributed by atoms with E-state index in [9.17, 15) is 0 Å². The molecule has 4 heteroatoms. The number of aromatic nitrogens is 1. The van der Waals surface area contributed by atoms with Gasteiger partial charge in [0.1, 0.15) is 5.82 Å². The highest BCUT2D eigenvalue weighted by Gasteiger charge is 2.39. The van der Waals surface area contributed by atoms with E-state index in [1.54, 1.807) is 0 Å². The lowest BCUT2D eigenvalue weighted by atomic mass is 9.88. The van der Waals surface area contributed by atoms with Gasteiger partial charge in [0.05, 0.1) is 0 Å². The van der Waals surface area contributed by atoms with E-state index < -0.39 is 0 Å². The molecule has 1 aromatic rings. The van der Waals surface area contributed by atoms with Crippen molar-refractivity contribution >= 4 is 5.82 Å². The lowest BCUT2D eigenvalue weighted by molar-refractivity contribution is 0.214. The number of nitrogen functional groups attached to an aromatic ring is 1. The fourth-order valence-corrected chi connectivity index (χ4v) is 3.98. The maximum absolute atomic E-state index is 5.32. The number of hydrogen-bond donors (Lipinski definition) is 2. The fourth-order valence-electron chi connectivity index (χ4n) is 3.98. The van der Waals surface area contributed by atoms with Crippen LogP contribution in [0.4, 0.5) is 5.82 Å². The van der Waals surface area contributed by atoms with Crippen LogP contribution in [0.5, 0.6) is 0 Å². The molecule has 0 aromatic carbocycles. The highest BCUT2D eigenvalue weighted by Crippen LogP contribution is 2.48. The molecule has 1 aromatic heterocycles. The SMILES string of the molecule is CN(Cc1ccc(NN)nc1)CC1CC2CCC1C2. The first-order chi connectivity index (χ1) is 9.24. The van der Waals surface area contributed by atoms with Gasteiger partial charge in [-0.25, -0.2) is 10.8 Å². The second-order valence-electron chi connectivity index (χ2n) is 6.33. The number of nitrogens with one attached hydrogen (secondary N) is 1. The van der Waals surface area contributed by atoms with Gasteiger partial charge in [0.25, 0.3) is 0 Å². The Kier molecular flexibility index (Phi) is 3.71. The van der Waals surface area contributed by atoms with Crippen molar-refractivity contribution in [2.24, 2.45) is 23.6 Å². The molecule has 2 aliphatic carbocycles. The predicted octanol–water partition coefficient (Wildman–Crippen LogP) is 2.24. The van der Waals surface area contributed by atoms with E-state index in [0.29, 0.717) is 0 Å². The number of rotatable bonds is 5. The summed E-state index contributed by atoms with van der Waals surface area (Å²) >= 11 is 0. The molecule has 3 N–H and O–H groups in total. The summed E-state index contributed by atoms with van der Waals surface area (Å²) in [6.45, 7) is 2.21. The van der Waals surface area contributed by atoms with E-state index in [1.165, 1.54) is 37.8 Å². The predicted molar refractivity (Wildman–Crippen MR) is 77.3 cm³/mol. The Balaban J connectivity index is 1.51. The van der Waals surface area contributed by atoms with Gasteiger partial charge < -0.3 is 10.3 Å². The smallest absolute Gasteiger partial charge is 0.139 e. The van der Waals surface area contributed by atoms with Crippen LogP contribution >= 0.6 is 0 Å². The Bertz CT molecular complexity index is 417. The van der Waals surface area contributed by atoms with Crippen LogP contribution in [-0.2, 0) is 6.54 Å². The first-order valence-corrected chi connectivity index (χ1v) is 7.34. The van der Waals surface area contributed by atoms with Gasteiger partial charge in [-0.3, -0.25) is 0 Å². The van der Waals surface area contributed by atoms with Crippen molar-refractivity contribution in [3.63, 3.8) is 0 Å². The zero-order chi connectivity index (χ0) is 13.2. The Morgan fingerprint density at radius 1 is 1.37 bits per heavy atom. The third-order valence-electron chi connectivity index (χ3n) is 4.86. The van der Waals surface area contributed by atoms with E-state index in [1.807, 2.05) is 12.3 Å². The van der Waals surface area contributed by atoms with Crippen molar-refractivity contribution in [2.75, 3.05) is 19.0 Å². The lowest BCUT2D eigenvalue weighted by Gasteiger charge is -2.27. The quantitative estimate of drug-likeness (QED) is 0.630. The van der Waals surface area contributed by atoms with Crippen LogP contribution in [0.25, 0.3) is 0 Å². The summed E-state index contributed by atoms with van der Waals surface area (Å²) < 4.78 is 0. The number of nitrogens with two attached hydrogens (primary N) is 1. The summed E-state index contributed by atoms with van der Waals surface area (Å²) in [5.74, 6) is 9.03. The van der Waals surface area contributed by atoms with Crippen LogP contribution in [0.3, 0.4) is 0 Å². The number of pyridine rings is 1. The third kappa shape index (κ3) is 2.90. The number of nitrogens with zero attached hydrogens (tertiary/aromatic N) is 2. The largest absolute Gasteiger partial charge is 0.308 e. The minimum absolute atomic E-state index is 0.722. The molecule has 1 heterocycles. The maximum atomic E-state index is 5.32. The van der Waals surface area contributed by atoms with Gasteiger partial charge >= 0.3 is 0 Å². The maximum Gasteiger partial charge on any atom is 0.139 e. The van der Waals surface area contributed by atoms with Gasteiger partial charge in [-0.05, 0) is 55.7 Å². The van der Waals surface area contributed by atoms with Crippen molar-refractivity contribution in [3.8, 4) is 0 Å². The molecule has 2 fully saturated rings. The first-order valence-electron chi connectivity index (χ1n) is 7.34. The average Bonchev–Trinajstić information content (AvgIpc) is 3.02. The molecule has 2 bridgehead atoms. The number of hydrogen-bond acceptors (Lipinski definition) is 4. The summed E-state index contributed by atoms with van der Waals surface area (Å²) in [5.41, 5.74) is 3.81. The summed E-state index contributed by atoms with van der Waals surface area (Å²) in [5, 5.41) is 0. The molecule has 4 nitrogen and oxygen atoms in total. The lowest BCUT2D eigenvalue weighted by Crippen LogP contribution is -2.28. The van der Waals surface area contributed by atoms with Crippen molar-refractivity contribution in [1.82, 2.24) is 9.88 Å². The standard InChI is InChI=1S/C15H24N4/c1-19(9-12-3-5-15(18-16)17-8-12)10-14-7-11-2-4-13(14)6-11/h3,5,8,11,13-14H,2,4,6-7,9-10,16H2,1H3,(H,17,18). The second-order valence-corrected chi connectivity index (χ2v) is 6.33. The van der Waals surface area contributed by atoms with Crippen LogP contribution in [0.15, 0.2) is 18.3 Å². The highest BCUT2D eigenvalue weighted by molar-refractivity contribution is 5.33. The Hall–Kier alpha value is -1.13. The van der Waals surface area contributed by atoms with E-state index in [4.69, 9.17) is 5.84 Å². The van der Waals surface area contributed by atoms with Gasteiger partial charge in [-0.1, -0.05) is 12.5 Å². The molecular formula is C15H24N4. The second kappa shape index (κ2) is 5.47. The van der Waals surface area contributed by atoms with Gasteiger partial charge in [-0.15, -0.1) is 0 Å². The van der Waals surface area contributed by atoms with Crippen LogP contribution < -0.4 is 11.3 Å². The number of hydrazine groups is 1. The molecule has 3 unspecified atom stereocenters. The van der Waals surface area contributed by atoms with E-state index in [-0.39, 0.29) is 0 Å². The summed E-state index contributed by atoms with van der Waals surface area (Å²) in [4.78, 5) is 6.70. The van der Waals surface area contributed by atoms with Crippen molar-refractivity contribution in [2.45, 2.75) is 32.2 Å². The summed E-state index contributed by atoms with van der Waals surface area (Å²) in [7, 11) is 2.22. The van der Waals surface area contributed by atoms with Crippen LogP contribution in [-0.4, -0.2) is 23.5 Å². The Morgan fingerprint density at radius 2 is 2.26 bits per heavy atom. The average molecular weight is 260 g/mol. The minimum atomic E-state index is 0.722. The third-order valence-corrected chi connectivity index (χ3v) is 4.86. The van der Waals surface area contributed by atoms with E-state index in [2.05, 4.69) is 28.4 Å². The molecular weight excluding hydrogens is 236 g/mol. The van der Waals surface area contributed by atoms with Gasteiger partial charge in [-0.2, -0.15) is 0 Å². The molecule has 0 spiro atoms. The van der Waals surface area contributed by atoms with Gasteiger partial charge in [0, 0.05) is 19.3 Å². The van der Waals surface area contributed by atoms with Gasteiger partial charge in [0.2, 0.25) is 0 Å². The monoisotopic (exact) mass is 260 g/mol. The summed E-state index contributed by atoms with van der Waals surface area (Å²) in [6.07, 6.45) is 7.83. The normalized spacial score (nSPS) is 29.1. The molecule has 0 aliphatic heterocycles. The molecule has 0 saturated heterocycles. The molecule has 0 amide bonds. The van der Waals surface area contributed by atoms with Crippen molar-refractivity contribution < 1.29 is 0 Å². The minimum Gasteiger partial charge on any atom is -0.308 e. The molecule has 104 valence electrons. The molecule has 3 atom stereocenters. The van der Waals surface area contributed by atoms with Crippen LogP contribution in [0.2, 0.25) is 0 Å². The zero-order valence-electron chi connectivity index (χ0n) is 11.7. The Labute approximate surface area is 115 Å². The zero-order valence-corrected chi connectivity index (χ0v) is 11.7. The highest BCUT2D eigenvalue weighted by atomic mass is 15.2. The molecule has 2 saturated carbocycles. The van der Waals surface area contributed by atoms with Crippen molar-refractivity contribution in [3.05, 3.63) is 23.9 Å². The van der Waals surface area contributed by atoms with E-state index in [0.717, 1.165) is 30.1 Å². The Morgan fingerprint density at radius 3 is 2.84 bits per heavy atom. The van der Waals surface area contributed by atoms with Crippen molar-refractivity contribution in [1.29, 1.82) is 0 Å². The van der Waals surface area contributed by atoms with E-state index >= 15 is 0 Å². The molecule has 19 heavy (non-hydrogen) atoms.